The molecule has 0 aromatic carbocycles. The van der Waals surface area contributed by atoms with Gasteiger partial charge < -0.3 is 20.1 Å². The van der Waals surface area contributed by atoms with Crippen molar-refractivity contribution in [3.8, 4) is 6.01 Å². The number of aromatic nitrogens is 3. The van der Waals surface area contributed by atoms with Crippen LogP contribution in [0.15, 0.2) is 0 Å². The lowest BCUT2D eigenvalue weighted by Gasteiger charge is -2.22. The van der Waals surface area contributed by atoms with Crippen molar-refractivity contribution in [2.75, 3.05) is 37.4 Å². The maximum Gasteiger partial charge on any atom is 0.323 e. The second-order valence-electron chi connectivity index (χ2n) is 4.73. The maximum absolute atomic E-state index is 5.67. The Morgan fingerprint density at radius 1 is 1.25 bits per heavy atom. The third kappa shape index (κ3) is 4.48. The van der Waals surface area contributed by atoms with Gasteiger partial charge in [-0.3, -0.25) is 0 Å². The van der Waals surface area contributed by atoms with E-state index in [1.165, 1.54) is 6.42 Å². The smallest absolute Gasteiger partial charge is 0.323 e. The topological polar surface area (TPSA) is 81.2 Å². The van der Waals surface area contributed by atoms with Crippen LogP contribution >= 0.6 is 0 Å². The molecule has 0 saturated carbocycles. The van der Waals surface area contributed by atoms with Gasteiger partial charge in [0.05, 0.1) is 12.7 Å². The van der Waals surface area contributed by atoms with Crippen LogP contribution in [0.2, 0.25) is 0 Å². The van der Waals surface area contributed by atoms with Crippen molar-refractivity contribution in [1.29, 1.82) is 0 Å². The molecule has 1 saturated heterocycles. The Kier molecular flexibility index (Phi) is 5.79. The first-order valence-electron chi connectivity index (χ1n) is 7.24. The van der Waals surface area contributed by atoms with E-state index in [1.54, 1.807) is 7.05 Å². The molecule has 1 aliphatic rings. The van der Waals surface area contributed by atoms with Crippen LogP contribution in [-0.4, -0.2) is 47.9 Å². The molecule has 7 nitrogen and oxygen atoms in total. The predicted molar refractivity (Wildman–Crippen MR) is 77.2 cm³/mol. The minimum absolute atomic E-state index is 0.235. The Labute approximate surface area is 119 Å². The summed E-state index contributed by atoms with van der Waals surface area (Å²) in [5.74, 6) is 1.02. The second kappa shape index (κ2) is 7.84. The molecule has 1 aliphatic heterocycles. The number of rotatable bonds is 7. The molecular weight excluding hydrogens is 258 g/mol. The zero-order valence-corrected chi connectivity index (χ0v) is 12.2. The van der Waals surface area contributed by atoms with E-state index in [4.69, 9.17) is 9.47 Å². The molecule has 1 unspecified atom stereocenters. The van der Waals surface area contributed by atoms with Crippen molar-refractivity contribution < 1.29 is 9.47 Å². The largest absolute Gasteiger partial charge is 0.463 e. The average Bonchev–Trinajstić information content (AvgIpc) is 2.51. The summed E-state index contributed by atoms with van der Waals surface area (Å²) in [4.78, 5) is 12.7. The molecule has 0 amide bonds. The normalized spacial score (nSPS) is 18.6. The van der Waals surface area contributed by atoms with Crippen molar-refractivity contribution in [2.24, 2.45) is 0 Å². The van der Waals surface area contributed by atoms with E-state index in [0.29, 0.717) is 31.1 Å². The van der Waals surface area contributed by atoms with Crippen LogP contribution in [0.4, 0.5) is 11.9 Å². The number of ether oxygens (including phenoxy) is 2. The van der Waals surface area contributed by atoms with Gasteiger partial charge in [-0.25, -0.2) is 0 Å². The molecule has 7 heteroatoms. The molecule has 2 N–H and O–H groups in total. The van der Waals surface area contributed by atoms with E-state index >= 15 is 0 Å². The van der Waals surface area contributed by atoms with Gasteiger partial charge in [0, 0.05) is 20.2 Å². The fourth-order valence-electron chi connectivity index (χ4n) is 1.98. The number of anilines is 2. The molecule has 1 fully saturated rings. The Balaban J connectivity index is 1.94. The van der Waals surface area contributed by atoms with Crippen molar-refractivity contribution >= 4 is 11.9 Å². The third-order valence-corrected chi connectivity index (χ3v) is 3.04. The van der Waals surface area contributed by atoms with Gasteiger partial charge in [-0.05, 0) is 25.7 Å². The molecule has 0 bridgehead atoms. The number of nitrogens with one attached hydrogen (secondary N) is 2. The Morgan fingerprint density at radius 2 is 2.10 bits per heavy atom. The first-order chi connectivity index (χ1) is 9.81. The minimum atomic E-state index is 0.235. The molecule has 0 spiro atoms. The summed E-state index contributed by atoms with van der Waals surface area (Å²) >= 11 is 0. The highest BCUT2D eigenvalue weighted by Crippen LogP contribution is 2.15. The van der Waals surface area contributed by atoms with Gasteiger partial charge in [-0.1, -0.05) is 6.92 Å². The highest BCUT2D eigenvalue weighted by Gasteiger charge is 2.14. The van der Waals surface area contributed by atoms with E-state index < -0.39 is 0 Å². The summed E-state index contributed by atoms with van der Waals surface area (Å²) in [6.45, 7) is 4.19. The van der Waals surface area contributed by atoms with E-state index in [2.05, 4.69) is 25.6 Å². The highest BCUT2D eigenvalue weighted by atomic mass is 16.5. The molecule has 1 aromatic rings. The van der Waals surface area contributed by atoms with Crippen molar-refractivity contribution in [1.82, 2.24) is 15.0 Å². The van der Waals surface area contributed by atoms with Crippen LogP contribution in [-0.2, 0) is 4.74 Å². The Hall–Kier alpha value is -1.63. The standard InChI is InChI=1S/C13H23N5O2/c1-3-7-20-13-17-11(14-2)16-12(18-13)15-9-10-6-4-5-8-19-10/h10H,3-9H2,1-2H3,(H2,14,15,16,17,18). The van der Waals surface area contributed by atoms with E-state index in [1.807, 2.05) is 6.92 Å². The first-order valence-corrected chi connectivity index (χ1v) is 7.24. The van der Waals surface area contributed by atoms with Gasteiger partial charge in [-0.2, -0.15) is 15.0 Å². The fourth-order valence-corrected chi connectivity index (χ4v) is 1.98. The third-order valence-electron chi connectivity index (χ3n) is 3.04. The van der Waals surface area contributed by atoms with E-state index in [0.717, 1.165) is 25.9 Å². The Bertz CT molecular complexity index is 410. The summed E-state index contributed by atoms with van der Waals surface area (Å²) in [5.41, 5.74) is 0. The van der Waals surface area contributed by atoms with E-state index in [-0.39, 0.29) is 6.10 Å². The summed E-state index contributed by atoms with van der Waals surface area (Å²) in [7, 11) is 1.77. The summed E-state index contributed by atoms with van der Waals surface area (Å²) in [6.07, 6.45) is 4.60. The highest BCUT2D eigenvalue weighted by molar-refractivity contribution is 5.35. The van der Waals surface area contributed by atoms with Crippen LogP contribution in [0.3, 0.4) is 0 Å². The SMILES string of the molecule is CCCOc1nc(NC)nc(NCC2CCCCO2)n1. The van der Waals surface area contributed by atoms with Gasteiger partial charge in [0.25, 0.3) is 0 Å². The van der Waals surface area contributed by atoms with Crippen LogP contribution < -0.4 is 15.4 Å². The van der Waals surface area contributed by atoms with Crippen molar-refractivity contribution in [3.63, 3.8) is 0 Å². The quantitative estimate of drug-likeness (QED) is 0.787. The van der Waals surface area contributed by atoms with Gasteiger partial charge >= 0.3 is 6.01 Å². The van der Waals surface area contributed by atoms with Crippen molar-refractivity contribution in [3.05, 3.63) is 0 Å². The lowest BCUT2D eigenvalue weighted by Crippen LogP contribution is -2.27. The lowest BCUT2D eigenvalue weighted by atomic mass is 10.1. The Morgan fingerprint density at radius 3 is 2.80 bits per heavy atom. The van der Waals surface area contributed by atoms with Crippen LogP contribution in [0.5, 0.6) is 6.01 Å². The molecule has 2 heterocycles. The predicted octanol–water partition coefficient (Wildman–Crippen LogP) is 1.68. The number of nitrogens with zero attached hydrogens (tertiary/aromatic N) is 3. The van der Waals surface area contributed by atoms with Gasteiger partial charge in [0.2, 0.25) is 11.9 Å². The monoisotopic (exact) mass is 281 g/mol. The maximum atomic E-state index is 5.67. The average molecular weight is 281 g/mol. The molecule has 20 heavy (non-hydrogen) atoms. The summed E-state index contributed by atoms with van der Waals surface area (Å²) < 4.78 is 11.1. The zero-order chi connectivity index (χ0) is 14.2. The zero-order valence-electron chi connectivity index (χ0n) is 12.2. The van der Waals surface area contributed by atoms with Gasteiger partial charge in [-0.15, -0.1) is 0 Å². The molecule has 1 atom stereocenters. The van der Waals surface area contributed by atoms with Crippen LogP contribution in [0.25, 0.3) is 0 Å². The summed E-state index contributed by atoms with van der Waals surface area (Å²) in [5, 5.41) is 6.11. The van der Waals surface area contributed by atoms with E-state index in [9.17, 15) is 0 Å². The number of hydrogen-bond donors (Lipinski definition) is 2. The molecular formula is C13H23N5O2. The van der Waals surface area contributed by atoms with Gasteiger partial charge in [0.1, 0.15) is 0 Å². The second-order valence-corrected chi connectivity index (χ2v) is 4.73. The van der Waals surface area contributed by atoms with Crippen LogP contribution in [0.1, 0.15) is 32.6 Å². The first kappa shape index (κ1) is 14.8. The molecule has 112 valence electrons. The van der Waals surface area contributed by atoms with Gasteiger partial charge in [0.15, 0.2) is 0 Å². The fraction of sp³-hybridized carbons (Fsp3) is 0.769. The molecule has 1 aromatic heterocycles. The molecule has 2 rings (SSSR count). The van der Waals surface area contributed by atoms with Crippen molar-refractivity contribution in [2.45, 2.75) is 38.7 Å². The lowest BCUT2D eigenvalue weighted by molar-refractivity contribution is 0.0246. The van der Waals surface area contributed by atoms with Crippen LogP contribution in [0, 0.1) is 0 Å². The number of hydrogen-bond acceptors (Lipinski definition) is 7. The summed E-state index contributed by atoms with van der Waals surface area (Å²) in [6, 6.07) is 0.346. The molecule has 0 radical (unpaired) electrons. The molecule has 0 aliphatic carbocycles. The minimum Gasteiger partial charge on any atom is -0.463 e.